The largest absolute Gasteiger partial charge is 0.505 e. The van der Waals surface area contributed by atoms with E-state index in [1.54, 1.807) is 19.9 Å². The van der Waals surface area contributed by atoms with E-state index >= 15 is 0 Å². The lowest BCUT2D eigenvalue weighted by atomic mass is 9.81. The van der Waals surface area contributed by atoms with Crippen LogP contribution in [0.5, 0.6) is 5.75 Å². The lowest BCUT2D eigenvalue weighted by Gasteiger charge is -2.30. The zero-order chi connectivity index (χ0) is 13.2. The van der Waals surface area contributed by atoms with Gasteiger partial charge < -0.3 is 15.9 Å². The predicted molar refractivity (Wildman–Crippen MR) is 60.6 cm³/mol. The molecule has 1 atom stereocenters. The molecule has 1 rings (SSSR count). The Balaban J connectivity index is 3.32. The van der Waals surface area contributed by atoms with E-state index in [1.165, 1.54) is 6.07 Å². The molecule has 0 spiro atoms. The van der Waals surface area contributed by atoms with Crippen LogP contribution < -0.4 is 5.73 Å². The highest BCUT2D eigenvalue weighted by molar-refractivity contribution is 5.44. The molecule has 0 aromatic heterocycles. The molecule has 0 fully saturated rings. The molecule has 0 aliphatic carbocycles. The summed E-state index contributed by atoms with van der Waals surface area (Å²) in [6, 6.07) is 3.30. The van der Waals surface area contributed by atoms with Crippen LogP contribution in [-0.2, 0) is 0 Å². The fourth-order valence-electron chi connectivity index (χ4n) is 1.44. The van der Waals surface area contributed by atoms with E-state index < -0.39 is 23.0 Å². The number of benzene rings is 1. The third-order valence-corrected chi connectivity index (χ3v) is 2.81. The van der Waals surface area contributed by atoms with Gasteiger partial charge in [-0.25, -0.2) is 4.39 Å². The zero-order valence-corrected chi connectivity index (χ0v) is 9.74. The van der Waals surface area contributed by atoms with E-state index in [0.717, 1.165) is 6.07 Å². The van der Waals surface area contributed by atoms with Crippen molar-refractivity contribution in [2.24, 2.45) is 11.1 Å². The van der Waals surface area contributed by atoms with E-state index in [0.29, 0.717) is 0 Å². The Morgan fingerprint density at radius 1 is 1.53 bits per heavy atom. The quantitative estimate of drug-likeness (QED) is 0.742. The summed E-state index contributed by atoms with van der Waals surface area (Å²) in [5.74, 6) is -1.46. The lowest BCUT2D eigenvalue weighted by Crippen LogP contribution is -2.32. The number of phenols is 1. The number of halogens is 1. The van der Waals surface area contributed by atoms with Crippen LogP contribution in [0.3, 0.4) is 0 Å². The van der Waals surface area contributed by atoms with E-state index in [-0.39, 0.29) is 17.7 Å². The summed E-state index contributed by atoms with van der Waals surface area (Å²) in [7, 11) is 0. The summed E-state index contributed by atoms with van der Waals surface area (Å²) < 4.78 is 13.4. The Bertz CT molecular complexity index is 466. The number of aliphatic hydroxyl groups excluding tert-OH is 1. The summed E-state index contributed by atoms with van der Waals surface area (Å²) in [5, 5.41) is 27.5. The van der Waals surface area contributed by atoms with Crippen LogP contribution in [0.2, 0.25) is 0 Å². The molecular weight excluding hydrogens is 223 g/mol. The van der Waals surface area contributed by atoms with Crippen molar-refractivity contribution < 1.29 is 14.6 Å². The van der Waals surface area contributed by atoms with Gasteiger partial charge >= 0.3 is 0 Å². The smallest absolute Gasteiger partial charge is 0.166 e. The Morgan fingerprint density at radius 3 is 2.59 bits per heavy atom. The number of rotatable bonds is 3. The third kappa shape index (κ3) is 2.54. The van der Waals surface area contributed by atoms with Crippen LogP contribution >= 0.6 is 0 Å². The van der Waals surface area contributed by atoms with Gasteiger partial charge in [-0.1, -0.05) is 13.8 Å². The first-order valence-electron chi connectivity index (χ1n) is 5.12. The highest BCUT2D eigenvalue weighted by atomic mass is 19.1. The Labute approximate surface area is 99.1 Å². The van der Waals surface area contributed by atoms with E-state index in [4.69, 9.17) is 11.0 Å². The second-order valence-electron chi connectivity index (χ2n) is 4.63. The Kier molecular flexibility index (Phi) is 3.71. The highest BCUT2D eigenvalue weighted by Gasteiger charge is 2.30. The van der Waals surface area contributed by atoms with Crippen molar-refractivity contribution in [2.45, 2.75) is 19.9 Å². The SMILES string of the molecule is CC(C)(CO)[C@@H](N)c1cc(C#N)cc(F)c1O. The van der Waals surface area contributed by atoms with Crippen LogP contribution in [0.1, 0.15) is 31.0 Å². The molecule has 1 aromatic rings. The minimum Gasteiger partial charge on any atom is -0.505 e. The molecule has 0 saturated carbocycles. The molecule has 4 nitrogen and oxygen atoms in total. The molecule has 0 aliphatic rings. The number of nitrogens with zero attached hydrogens (tertiary/aromatic N) is 1. The summed E-state index contributed by atoms with van der Waals surface area (Å²) >= 11 is 0. The van der Waals surface area contributed by atoms with Crippen molar-refractivity contribution >= 4 is 0 Å². The van der Waals surface area contributed by atoms with Gasteiger partial charge in [0.2, 0.25) is 0 Å². The first-order chi connectivity index (χ1) is 7.83. The predicted octanol–water partition coefficient (Wildman–Crippen LogP) is 1.42. The Hall–Kier alpha value is -1.64. The van der Waals surface area contributed by atoms with Gasteiger partial charge in [0.05, 0.1) is 11.6 Å². The topological polar surface area (TPSA) is 90.3 Å². The number of aliphatic hydroxyl groups is 1. The van der Waals surface area contributed by atoms with E-state index in [9.17, 15) is 14.6 Å². The number of hydrogen-bond donors (Lipinski definition) is 3. The monoisotopic (exact) mass is 238 g/mol. The van der Waals surface area contributed by atoms with E-state index in [2.05, 4.69) is 0 Å². The summed E-state index contributed by atoms with van der Waals surface area (Å²) in [5.41, 5.74) is 5.36. The van der Waals surface area contributed by atoms with E-state index in [1.807, 2.05) is 0 Å². The highest BCUT2D eigenvalue weighted by Crippen LogP contribution is 2.36. The first kappa shape index (κ1) is 13.4. The summed E-state index contributed by atoms with van der Waals surface area (Å²) in [4.78, 5) is 0. The van der Waals surface area contributed by atoms with Gasteiger partial charge in [0.25, 0.3) is 0 Å². The van der Waals surface area contributed by atoms with Crippen LogP contribution in [0.4, 0.5) is 4.39 Å². The maximum Gasteiger partial charge on any atom is 0.166 e. The molecule has 4 N–H and O–H groups in total. The number of nitrogens with two attached hydrogens (primary N) is 1. The summed E-state index contributed by atoms with van der Waals surface area (Å²) in [6.45, 7) is 3.16. The molecule has 0 unspecified atom stereocenters. The molecule has 5 heteroatoms. The van der Waals surface area contributed by atoms with Gasteiger partial charge in [-0.05, 0) is 12.1 Å². The maximum absolute atomic E-state index is 13.4. The first-order valence-corrected chi connectivity index (χ1v) is 5.12. The number of nitriles is 1. The number of phenolic OH excluding ortho intramolecular Hbond substituents is 1. The van der Waals surface area contributed by atoms with Gasteiger partial charge in [-0.2, -0.15) is 5.26 Å². The molecule has 17 heavy (non-hydrogen) atoms. The van der Waals surface area contributed by atoms with Gasteiger partial charge in [0, 0.05) is 23.6 Å². The standard InChI is InChI=1S/C12H15FN2O2/c1-12(2,6-16)11(15)8-3-7(5-14)4-9(13)10(8)17/h3-4,11,16-17H,6,15H2,1-2H3/t11-/m0/s1. The minimum atomic E-state index is -0.886. The molecule has 0 heterocycles. The lowest BCUT2D eigenvalue weighted by molar-refractivity contribution is 0.131. The maximum atomic E-state index is 13.4. The average Bonchev–Trinajstić information content (AvgIpc) is 2.31. The molecule has 0 amide bonds. The van der Waals surface area contributed by atoms with Crippen molar-refractivity contribution in [1.82, 2.24) is 0 Å². The van der Waals surface area contributed by atoms with Crippen molar-refractivity contribution in [3.05, 3.63) is 29.1 Å². The van der Waals surface area contributed by atoms with Crippen LogP contribution in [0.25, 0.3) is 0 Å². The van der Waals surface area contributed by atoms with Crippen LogP contribution in [0, 0.1) is 22.6 Å². The number of hydrogen-bond acceptors (Lipinski definition) is 4. The molecule has 92 valence electrons. The molecule has 0 aliphatic heterocycles. The van der Waals surface area contributed by atoms with Gasteiger partial charge in [-0.15, -0.1) is 0 Å². The van der Waals surface area contributed by atoms with Crippen molar-refractivity contribution in [3.8, 4) is 11.8 Å². The Morgan fingerprint density at radius 2 is 2.12 bits per heavy atom. The minimum absolute atomic E-state index is 0.0829. The zero-order valence-electron chi connectivity index (χ0n) is 9.74. The normalized spacial score (nSPS) is 13.2. The summed E-state index contributed by atoms with van der Waals surface area (Å²) in [6.07, 6.45) is 0. The molecular formula is C12H15FN2O2. The molecule has 0 bridgehead atoms. The molecule has 1 aromatic carbocycles. The second-order valence-corrected chi connectivity index (χ2v) is 4.63. The molecule has 0 saturated heterocycles. The van der Waals surface area contributed by atoms with Crippen molar-refractivity contribution in [3.63, 3.8) is 0 Å². The average molecular weight is 238 g/mol. The number of aromatic hydroxyl groups is 1. The van der Waals surface area contributed by atoms with Crippen molar-refractivity contribution in [2.75, 3.05) is 6.61 Å². The fraction of sp³-hybridized carbons (Fsp3) is 0.417. The fourth-order valence-corrected chi connectivity index (χ4v) is 1.44. The van der Waals surface area contributed by atoms with Gasteiger partial charge in [-0.3, -0.25) is 0 Å². The van der Waals surface area contributed by atoms with Gasteiger partial charge in [0.1, 0.15) is 0 Å². The molecule has 0 radical (unpaired) electrons. The van der Waals surface area contributed by atoms with Crippen LogP contribution in [-0.4, -0.2) is 16.8 Å². The van der Waals surface area contributed by atoms with Crippen LogP contribution in [0.15, 0.2) is 12.1 Å². The second kappa shape index (κ2) is 4.70. The third-order valence-electron chi connectivity index (χ3n) is 2.81. The van der Waals surface area contributed by atoms with Gasteiger partial charge in [0.15, 0.2) is 11.6 Å². The van der Waals surface area contributed by atoms with Crippen molar-refractivity contribution in [1.29, 1.82) is 5.26 Å².